The van der Waals surface area contributed by atoms with E-state index in [1.54, 1.807) is 37.3 Å². The molecule has 0 bridgehead atoms. The van der Waals surface area contributed by atoms with E-state index in [4.69, 9.17) is 40.0 Å². The van der Waals surface area contributed by atoms with Gasteiger partial charge in [0.05, 0.1) is 17.2 Å². The van der Waals surface area contributed by atoms with Crippen LogP contribution in [0.15, 0.2) is 42.5 Å². The van der Waals surface area contributed by atoms with Crippen molar-refractivity contribution in [2.75, 3.05) is 13.2 Å². The van der Waals surface area contributed by atoms with Gasteiger partial charge in [-0.2, -0.15) is 0 Å². The summed E-state index contributed by atoms with van der Waals surface area (Å²) in [7, 11) is 0. The molecule has 1 aliphatic heterocycles. The number of carbonyl (C=O) groups is 5. The first-order chi connectivity index (χ1) is 19.4. The molecule has 2 aromatic carbocycles. The summed E-state index contributed by atoms with van der Waals surface area (Å²) in [6.45, 7) is 6.35. The van der Waals surface area contributed by atoms with E-state index >= 15 is 0 Å². The molecular weight excluding hydrogens is 560 g/mol. The lowest BCUT2D eigenvalue weighted by Gasteiger charge is -2.44. The number of benzene rings is 2. The van der Waals surface area contributed by atoms with Crippen LogP contribution in [0.1, 0.15) is 62.2 Å². The lowest BCUT2D eigenvalue weighted by Crippen LogP contribution is -2.59. The largest absolute Gasteiger partial charge is 0.493 e. The van der Waals surface area contributed by atoms with E-state index in [0.29, 0.717) is 17.9 Å². The molecule has 12 heteroatoms. The van der Waals surface area contributed by atoms with Gasteiger partial charge in [-0.25, -0.2) is 0 Å². The monoisotopic (exact) mass is 590 g/mol. The standard InChI is InChI=1S/C29H31ClO11/c1-6-36-23-10-8-7-9-20(23)25(35)21-13-19(11-12-22(21)30)26-28(39-17(4)33)29(40-18(5)34)27(38-16(3)32)24(41-26)14-37-15(2)31/h7-13,24,26-29H,6,14H2,1-5H3/t24-,26+,27-,28+,29+/m1/s1. The van der Waals surface area contributed by atoms with Crippen LogP contribution in [0.4, 0.5) is 0 Å². The Morgan fingerprint density at radius 3 is 2.00 bits per heavy atom. The van der Waals surface area contributed by atoms with E-state index in [-0.39, 0.29) is 22.8 Å². The second-order valence-corrected chi connectivity index (χ2v) is 9.52. The molecule has 0 N–H and O–H groups in total. The Labute approximate surface area is 241 Å². The number of rotatable bonds is 10. The van der Waals surface area contributed by atoms with Crippen LogP contribution in [0, 0.1) is 0 Å². The summed E-state index contributed by atoms with van der Waals surface area (Å²) < 4.78 is 33.4. The van der Waals surface area contributed by atoms with Crippen molar-refractivity contribution in [3.05, 3.63) is 64.2 Å². The first-order valence-corrected chi connectivity index (χ1v) is 13.2. The number of hydrogen-bond donors (Lipinski definition) is 0. The summed E-state index contributed by atoms with van der Waals surface area (Å²) in [6.07, 6.45) is -6.29. The van der Waals surface area contributed by atoms with Crippen LogP contribution in [-0.2, 0) is 42.9 Å². The molecule has 0 amide bonds. The summed E-state index contributed by atoms with van der Waals surface area (Å²) >= 11 is 6.45. The van der Waals surface area contributed by atoms with Crippen LogP contribution >= 0.6 is 11.6 Å². The van der Waals surface area contributed by atoms with Gasteiger partial charge in [0.1, 0.15) is 24.6 Å². The highest BCUT2D eigenvalue weighted by molar-refractivity contribution is 6.35. The summed E-state index contributed by atoms with van der Waals surface area (Å²) in [4.78, 5) is 61.5. The maximum atomic E-state index is 13.6. The van der Waals surface area contributed by atoms with Crippen LogP contribution in [-0.4, -0.2) is 67.3 Å². The minimum absolute atomic E-state index is 0.101. The number of hydrogen-bond acceptors (Lipinski definition) is 11. The fourth-order valence-electron chi connectivity index (χ4n) is 4.47. The fourth-order valence-corrected chi connectivity index (χ4v) is 4.67. The average molecular weight is 591 g/mol. The van der Waals surface area contributed by atoms with Gasteiger partial charge in [0, 0.05) is 33.3 Å². The molecule has 5 atom stereocenters. The van der Waals surface area contributed by atoms with Crippen molar-refractivity contribution in [2.24, 2.45) is 0 Å². The van der Waals surface area contributed by atoms with Gasteiger partial charge in [0.2, 0.25) is 0 Å². The summed E-state index contributed by atoms with van der Waals surface area (Å²) in [6, 6.07) is 11.2. The molecule has 0 aromatic heterocycles. The van der Waals surface area contributed by atoms with Crippen LogP contribution in [0.2, 0.25) is 5.02 Å². The maximum absolute atomic E-state index is 13.6. The van der Waals surface area contributed by atoms with Gasteiger partial charge in [0.25, 0.3) is 0 Å². The molecule has 1 fully saturated rings. The Balaban J connectivity index is 2.13. The summed E-state index contributed by atoms with van der Waals surface area (Å²) in [5, 5.41) is 0.135. The Hall–Kier alpha value is -3.96. The molecule has 1 heterocycles. The zero-order chi connectivity index (χ0) is 30.3. The number of para-hydroxylation sites is 1. The minimum Gasteiger partial charge on any atom is -0.493 e. The van der Waals surface area contributed by atoms with E-state index in [0.717, 1.165) is 20.8 Å². The van der Waals surface area contributed by atoms with Gasteiger partial charge in [-0.1, -0.05) is 29.8 Å². The van der Waals surface area contributed by atoms with Gasteiger partial charge in [0.15, 0.2) is 24.1 Å². The number of ether oxygens (including phenoxy) is 6. The van der Waals surface area contributed by atoms with E-state index in [1.165, 1.54) is 19.1 Å². The predicted molar refractivity (Wildman–Crippen MR) is 143 cm³/mol. The Morgan fingerprint density at radius 2 is 1.39 bits per heavy atom. The quantitative estimate of drug-likeness (QED) is 0.227. The van der Waals surface area contributed by atoms with Crippen molar-refractivity contribution in [3.63, 3.8) is 0 Å². The zero-order valence-electron chi connectivity index (χ0n) is 23.2. The number of carbonyl (C=O) groups excluding carboxylic acids is 5. The van der Waals surface area contributed by atoms with E-state index in [2.05, 4.69) is 0 Å². The third-order valence-electron chi connectivity index (χ3n) is 5.99. The Kier molecular flexibility index (Phi) is 10.8. The fraction of sp³-hybridized carbons (Fsp3) is 0.414. The maximum Gasteiger partial charge on any atom is 0.303 e. The lowest BCUT2D eigenvalue weighted by atomic mass is 9.89. The van der Waals surface area contributed by atoms with Crippen molar-refractivity contribution >= 4 is 41.3 Å². The number of esters is 4. The summed E-state index contributed by atoms with van der Waals surface area (Å²) in [5.41, 5.74) is 0.697. The predicted octanol–water partition coefficient (Wildman–Crippen LogP) is 3.77. The van der Waals surface area contributed by atoms with E-state index < -0.39 is 60.2 Å². The van der Waals surface area contributed by atoms with Crippen molar-refractivity contribution in [2.45, 2.75) is 65.1 Å². The molecule has 220 valence electrons. The first-order valence-electron chi connectivity index (χ1n) is 12.8. The van der Waals surface area contributed by atoms with Crippen molar-refractivity contribution < 1.29 is 52.4 Å². The van der Waals surface area contributed by atoms with Gasteiger partial charge in [-0.05, 0) is 36.8 Å². The molecule has 2 aromatic rings. The second-order valence-electron chi connectivity index (χ2n) is 9.12. The van der Waals surface area contributed by atoms with Gasteiger partial charge in [-0.3, -0.25) is 24.0 Å². The second kappa shape index (κ2) is 14.1. The Bertz CT molecular complexity index is 1310. The van der Waals surface area contributed by atoms with Gasteiger partial charge in [-0.15, -0.1) is 0 Å². The van der Waals surface area contributed by atoms with Gasteiger partial charge >= 0.3 is 23.9 Å². The molecule has 0 saturated carbocycles. The molecule has 1 aliphatic rings. The minimum atomic E-state index is -1.35. The van der Waals surface area contributed by atoms with E-state index in [1.807, 2.05) is 0 Å². The molecule has 3 rings (SSSR count). The number of ketones is 1. The van der Waals surface area contributed by atoms with Crippen LogP contribution < -0.4 is 4.74 Å². The normalized spacial score (nSPS) is 21.8. The average Bonchev–Trinajstić information content (AvgIpc) is 2.89. The number of halogens is 1. The molecule has 0 unspecified atom stereocenters. The molecular formula is C29H31ClO11. The highest BCUT2D eigenvalue weighted by Gasteiger charge is 2.52. The Morgan fingerprint density at radius 1 is 0.780 bits per heavy atom. The molecule has 41 heavy (non-hydrogen) atoms. The third-order valence-corrected chi connectivity index (χ3v) is 6.32. The molecule has 11 nitrogen and oxygen atoms in total. The summed E-state index contributed by atoms with van der Waals surface area (Å²) in [5.74, 6) is -2.94. The third kappa shape index (κ3) is 8.05. The highest BCUT2D eigenvalue weighted by atomic mass is 35.5. The van der Waals surface area contributed by atoms with Crippen LogP contribution in [0.5, 0.6) is 5.75 Å². The molecule has 1 saturated heterocycles. The molecule has 0 radical (unpaired) electrons. The van der Waals surface area contributed by atoms with Crippen LogP contribution in [0.3, 0.4) is 0 Å². The topological polar surface area (TPSA) is 141 Å². The lowest BCUT2D eigenvalue weighted by molar-refractivity contribution is -0.254. The SMILES string of the molecule is CCOc1ccccc1C(=O)c1cc([C@@H]2O[C@H](COC(C)=O)[C@@H](OC(C)=O)[C@H](OC(C)=O)[C@H]2OC(C)=O)ccc1Cl. The zero-order valence-corrected chi connectivity index (χ0v) is 24.0. The van der Waals surface area contributed by atoms with Crippen molar-refractivity contribution in [1.82, 2.24) is 0 Å². The first kappa shape index (κ1) is 31.6. The van der Waals surface area contributed by atoms with Crippen LogP contribution in [0.25, 0.3) is 0 Å². The molecule has 0 aliphatic carbocycles. The highest BCUT2D eigenvalue weighted by Crippen LogP contribution is 2.39. The van der Waals surface area contributed by atoms with E-state index in [9.17, 15) is 24.0 Å². The smallest absolute Gasteiger partial charge is 0.303 e. The van der Waals surface area contributed by atoms with Crippen molar-refractivity contribution in [1.29, 1.82) is 0 Å². The molecule has 0 spiro atoms. The van der Waals surface area contributed by atoms with Crippen molar-refractivity contribution in [3.8, 4) is 5.75 Å². The van der Waals surface area contributed by atoms with Gasteiger partial charge < -0.3 is 28.4 Å².